The van der Waals surface area contributed by atoms with Crippen LogP contribution in [-0.2, 0) is 11.3 Å². The Labute approximate surface area is 124 Å². The lowest BCUT2D eigenvalue weighted by atomic mass is 9.97. The Morgan fingerprint density at radius 3 is 2.81 bits per heavy atom. The van der Waals surface area contributed by atoms with E-state index in [1.54, 1.807) is 48.2 Å². The summed E-state index contributed by atoms with van der Waals surface area (Å²) in [5, 5.41) is 0. The Kier molecular flexibility index (Phi) is 4.82. The molecule has 1 unspecified atom stereocenters. The zero-order valence-electron chi connectivity index (χ0n) is 12.9. The number of carbonyl (C=O) groups excluding carboxylic acids is 2. The van der Waals surface area contributed by atoms with E-state index in [4.69, 9.17) is 0 Å². The Bertz CT molecular complexity index is 486. The fourth-order valence-electron chi connectivity index (χ4n) is 2.63. The highest BCUT2D eigenvalue weighted by molar-refractivity contribution is 5.80. The van der Waals surface area contributed by atoms with E-state index in [9.17, 15) is 9.59 Å². The second-order valence-corrected chi connectivity index (χ2v) is 5.69. The Balaban J connectivity index is 1.93. The Morgan fingerprint density at radius 2 is 2.19 bits per heavy atom. The van der Waals surface area contributed by atoms with Crippen LogP contribution in [0.5, 0.6) is 0 Å². The van der Waals surface area contributed by atoms with Gasteiger partial charge in [-0.2, -0.15) is 0 Å². The lowest BCUT2D eigenvalue weighted by molar-refractivity contribution is -0.136. The smallest absolute Gasteiger partial charge is 0.319 e. The second-order valence-electron chi connectivity index (χ2n) is 5.69. The molecule has 0 aromatic carbocycles. The molecule has 0 aliphatic carbocycles. The molecule has 7 heteroatoms. The zero-order valence-corrected chi connectivity index (χ0v) is 12.9. The fraction of sp³-hybridized carbons (Fsp3) is 0.643. The molecule has 1 saturated heterocycles. The molecule has 1 aromatic heterocycles. The number of nitrogens with one attached hydrogen (secondary N) is 1. The third-order valence-corrected chi connectivity index (χ3v) is 3.74. The maximum absolute atomic E-state index is 12.5. The Morgan fingerprint density at radius 1 is 1.43 bits per heavy atom. The maximum atomic E-state index is 12.5. The van der Waals surface area contributed by atoms with E-state index in [2.05, 4.69) is 9.97 Å². The molecule has 1 fully saturated rings. The van der Waals surface area contributed by atoms with Crippen molar-refractivity contribution in [3.8, 4) is 0 Å². The molecule has 0 saturated carbocycles. The lowest BCUT2D eigenvalue weighted by Gasteiger charge is -2.35. The normalized spacial score (nSPS) is 18.4. The SMILES string of the molecule is CN(C)C(=O)N1CCCC(C(=O)N(C)Cc2ncc[nH]2)C1. The van der Waals surface area contributed by atoms with Crippen molar-refractivity contribution in [3.05, 3.63) is 18.2 Å². The highest BCUT2D eigenvalue weighted by Gasteiger charge is 2.30. The molecular weight excluding hydrogens is 270 g/mol. The van der Waals surface area contributed by atoms with Gasteiger partial charge in [0.05, 0.1) is 12.5 Å². The van der Waals surface area contributed by atoms with Crippen molar-refractivity contribution in [2.24, 2.45) is 5.92 Å². The van der Waals surface area contributed by atoms with E-state index in [1.807, 2.05) is 0 Å². The van der Waals surface area contributed by atoms with Gasteiger partial charge in [0.2, 0.25) is 5.91 Å². The number of aromatic amines is 1. The highest BCUT2D eigenvalue weighted by atomic mass is 16.2. The van der Waals surface area contributed by atoms with Gasteiger partial charge in [0.1, 0.15) is 5.82 Å². The topological polar surface area (TPSA) is 72.5 Å². The number of urea groups is 1. The first-order valence-electron chi connectivity index (χ1n) is 7.18. The molecule has 1 aliphatic rings. The van der Waals surface area contributed by atoms with Gasteiger partial charge >= 0.3 is 6.03 Å². The summed E-state index contributed by atoms with van der Waals surface area (Å²) in [5.74, 6) is 0.716. The highest BCUT2D eigenvalue weighted by Crippen LogP contribution is 2.19. The van der Waals surface area contributed by atoms with Crippen LogP contribution in [0.2, 0.25) is 0 Å². The molecule has 116 valence electrons. The number of hydrogen-bond acceptors (Lipinski definition) is 3. The van der Waals surface area contributed by atoms with Gasteiger partial charge in [0.15, 0.2) is 0 Å². The van der Waals surface area contributed by atoms with E-state index in [0.29, 0.717) is 13.1 Å². The summed E-state index contributed by atoms with van der Waals surface area (Å²) in [6, 6.07) is -0.0267. The molecule has 1 N–H and O–H groups in total. The molecule has 7 nitrogen and oxygen atoms in total. The van der Waals surface area contributed by atoms with E-state index in [-0.39, 0.29) is 17.9 Å². The van der Waals surface area contributed by atoms with E-state index in [0.717, 1.165) is 25.2 Å². The summed E-state index contributed by atoms with van der Waals surface area (Å²) >= 11 is 0. The first-order chi connectivity index (χ1) is 9.99. The van der Waals surface area contributed by atoms with Gasteiger partial charge in [-0.15, -0.1) is 0 Å². The predicted molar refractivity (Wildman–Crippen MR) is 78.4 cm³/mol. The van der Waals surface area contributed by atoms with E-state index in [1.165, 1.54) is 0 Å². The number of likely N-dealkylation sites (tertiary alicyclic amines) is 1. The number of H-pyrrole nitrogens is 1. The molecule has 1 atom stereocenters. The quantitative estimate of drug-likeness (QED) is 0.894. The molecule has 3 amide bonds. The molecule has 2 rings (SSSR count). The van der Waals surface area contributed by atoms with Crippen LogP contribution in [0.25, 0.3) is 0 Å². The average molecular weight is 293 g/mol. The average Bonchev–Trinajstić information content (AvgIpc) is 2.98. The van der Waals surface area contributed by atoms with Crippen molar-refractivity contribution in [3.63, 3.8) is 0 Å². The van der Waals surface area contributed by atoms with Gasteiger partial charge < -0.3 is 19.7 Å². The van der Waals surface area contributed by atoms with Crippen molar-refractivity contribution < 1.29 is 9.59 Å². The van der Waals surface area contributed by atoms with Crippen LogP contribution < -0.4 is 0 Å². The van der Waals surface area contributed by atoms with Gasteiger partial charge in [-0.05, 0) is 12.8 Å². The molecule has 2 heterocycles. The van der Waals surface area contributed by atoms with Crippen molar-refractivity contribution in [1.82, 2.24) is 24.7 Å². The van der Waals surface area contributed by atoms with Crippen molar-refractivity contribution >= 4 is 11.9 Å². The summed E-state index contributed by atoms with van der Waals surface area (Å²) < 4.78 is 0. The minimum Gasteiger partial charge on any atom is -0.347 e. The molecule has 21 heavy (non-hydrogen) atoms. The largest absolute Gasteiger partial charge is 0.347 e. The van der Waals surface area contributed by atoms with E-state index >= 15 is 0 Å². The molecule has 0 radical (unpaired) electrons. The number of hydrogen-bond donors (Lipinski definition) is 1. The minimum atomic E-state index is -0.123. The number of imidazole rings is 1. The fourth-order valence-corrected chi connectivity index (χ4v) is 2.63. The van der Waals surface area contributed by atoms with Gasteiger partial charge in [-0.25, -0.2) is 9.78 Å². The van der Waals surface area contributed by atoms with Gasteiger partial charge in [-0.1, -0.05) is 0 Å². The summed E-state index contributed by atoms with van der Waals surface area (Å²) in [5.41, 5.74) is 0. The van der Waals surface area contributed by atoms with Crippen LogP contribution in [0.3, 0.4) is 0 Å². The van der Waals surface area contributed by atoms with Crippen LogP contribution in [0, 0.1) is 5.92 Å². The van der Waals surface area contributed by atoms with Crippen molar-refractivity contribution in [1.29, 1.82) is 0 Å². The molecule has 1 aromatic rings. The number of piperidine rings is 1. The van der Waals surface area contributed by atoms with Crippen LogP contribution >= 0.6 is 0 Å². The van der Waals surface area contributed by atoms with Crippen LogP contribution in [0.1, 0.15) is 18.7 Å². The first kappa shape index (κ1) is 15.3. The summed E-state index contributed by atoms with van der Waals surface area (Å²) in [7, 11) is 5.24. The van der Waals surface area contributed by atoms with Crippen molar-refractivity contribution in [2.45, 2.75) is 19.4 Å². The third-order valence-electron chi connectivity index (χ3n) is 3.74. The van der Waals surface area contributed by atoms with Crippen LogP contribution in [0.4, 0.5) is 4.79 Å². The van der Waals surface area contributed by atoms with Crippen LogP contribution in [-0.4, -0.2) is 70.8 Å². The standard InChI is InChI=1S/C14H23N5O2/c1-17(2)14(21)19-8-4-5-11(9-19)13(20)18(3)10-12-15-6-7-16-12/h6-7,11H,4-5,8-10H2,1-3H3,(H,15,16). The van der Waals surface area contributed by atoms with Crippen molar-refractivity contribution in [2.75, 3.05) is 34.2 Å². The van der Waals surface area contributed by atoms with E-state index < -0.39 is 0 Å². The molecular formula is C14H23N5O2. The number of amides is 3. The first-order valence-corrected chi connectivity index (χ1v) is 7.18. The number of aromatic nitrogens is 2. The van der Waals surface area contributed by atoms with Gasteiger partial charge in [0, 0.05) is 46.6 Å². The second kappa shape index (κ2) is 6.60. The third kappa shape index (κ3) is 3.74. The summed E-state index contributed by atoms with van der Waals surface area (Å²) in [6.45, 7) is 1.69. The molecule has 0 bridgehead atoms. The minimum absolute atomic E-state index is 0.0267. The van der Waals surface area contributed by atoms with Gasteiger partial charge in [0.25, 0.3) is 0 Å². The number of carbonyl (C=O) groups is 2. The molecule has 1 aliphatic heterocycles. The monoisotopic (exact) mass is 293 g/mol. The number of nitrogens with zero attached hydrogens (tertiary/aromatic N) is 4. The summed E-state index contributed by atoms with van der Waals surface area (Å²) in [4.78, 5) is 36.6. The Hall–Kier alpha value is -2.05. The van der Waals surface area contributed by atoms with Gasteiger partial charge in [-0.3, -0.25) is 4.79 Å². The predicted octanol–water partition coefficient (Wildman–Crippen LogP) is 0.762. The van der Waals surface area contributed by atoms with Crippen LogP contribution in [0.15, 0.2) is 12.4 Å². The number of rotatable bonds is 3. The maximum Gasteiger partial charge on any atom is 0.319 e. The lowest BCUT2D eigenvalue weighted by Crippen LogP contribution is -2.48. The molecule has 0 spiro atoms. The zero-order chi connectivity index (χ0) is 15.4. The summed E-state index contributed by atoms with van der Waals surface area (Å²) in [6.07, 6.45) is 5.11.